The Kier molecular flexibility index (Phi) is 6.49. The predicted octanol–water partition coefficient (Wildman–Crippen LogP) is 0.214. The molecule has 1 aromatic rings. The topological polar surface area (TPSA) is 87.4 Å². The number of likely N-dealkylation sites (N-methyl/N-ethyl adjacent to an activating group) is 1. The Morgan fingerprint density at radius 3 is 2.61 bits per heavy atom. The highest BCUT2D eigenvalue weighted by Gasteiger charge is 2.21. The van der Waals surface area contributed by atoms with Gasteiger partial charge < -0.3 is 16.0 Å². The van der Waals surface area contributed by atoms with Crippen molar-refractivity contribution in [3.05, 3.63) is 24.0 Å². The summed E-state index contributed by atoms with van der Waals surface area (Å²) in [7, 11) is 2.14. The molecule has 23 heavy (non-hydrogen) atoms. The van der Waals surface area contributed by atoms with E-state index in [-0.39, 0.29) is 11.9 Å². The Bertz CT molecular complexity index is 522. The molecule has 1 atom stereocenters. The average molecular weight is 318 g/mol. The smallest absolute Gasteiger partial charge is 0.244 e. The Hall–Kier alpha value is -1.99. The molecule has 0 radical (unpaired) electrons. The Labute approximate surface area is 137 Å². The minimum Gasteiger partial charge on any atom is -0.368 e. The van der Waals surface area contributed by atoms with Crippen molar-refractivity contribution in [2.45, 2.75) is 19.4 Å². The van der Waals surface area contributed by atoms with E-state index in [0.29, 0.717) is 12.6 Å². The maximum Gasteiger partial charge on any atom is 0.244 e. The van der Waals surface area contributed by atoms with Crippen LogP contribution in [-0.2, 0) is 4.79 Å². The van der Waals surface area contributed by atoms with Gasteiger partial charge >= 0.3 is 0 Å². The molecule has 0 aliphatic carbocycles. The highest BCUT2D eigenvalue weighted by atomic mass is 16.1. The van der Waals surface area contributed by atoms with Crippen molar-refractivity contribution >= 4 is 17.9 Å². The van der Waals surface area contributed by atoms with Gasteiger partial charge in [-0.3, -0.25) is 9.69 Å². The lowest BCUT2D eigenvalue weighted by atomic mass is 10.1. The Balaban J connectivity index is 1.79. The van der Waals surface area contributed by atoms with E-state index in [9.17, 15) is 4.79 Å². The molecule has 1 unspecified atom stereocenters. The van der Waals surface area contributed by atoms with Crippen LogP contribution in [0.3, 0.4) is 0 Å². The summed E-state index contributed by atoms with van der Waals surface area (Å²) < 4.78 is 0. The van der Waals surface area contributed by atoms with Crippen LogP contribution in [0.2, 0.25) is 0 Å². The molecule has 3 N–H and O–H groups in total. The fourth-order valence-electron chi connectivity index (χ4n) is 2.60. The molecule has 1 fully saturated rings. The van der Waals surface area contributed by atoms with E-state index >= 15 is 0 Å². The number of carbonyl (C=O) groups is 1. The second kappa shape index (κ2) is 8.59. The van der Waals surface area contributed by atoms with E-state index in [1.807, 2.05) is 0 Å². The lowest BCUT2D eigenvalue weighted by Gasteiger charge is -2.37. The normalized spacial score (nSPS) is 18.2. The van der Waals surface area contributed by atoms with E-state index in [0.717, 1.165) is 38.2 Å². The highest BCUT2D eigenvalue weighted by molar-refractivity contribution is 5.91. The molecular weight excluding hydrogens is 292 g/mol. The van der Waals surface area contributed by atoms with Crippen LogP contribution in [-0.4, -0.2) is 71.5 Å². The number of nitrogens with zero attached hydrogens (tertiary/aromatic N) is 4. The summed E-state index contributed by atoms with van der Waals surface area (Å²) in [6.45, 7) is 7.12. The van der Waals surface area contributed by atoms with Gasteiger partial charge in [0.15, 0.2) is 0 Å². The van der Waals surface area contributed by atoms with Crippen LogP contribution in [0.4, 0.5) is 5.95 Å². The van der Waals surface area contributed by atoms with Crippen LogP contribution in [0, 0.1) is 0 Å². The molecule has 1 saturated heterocycles. The first kappa shape index (κ1) is 17.4. The summed E-state index contributed by atoms with van der Waals surface area (Å²) in [6.07, 6.45) is 7.40. The zero-order valence-corrected chi connectivity index (χ0v) is 13.9. The van der Waals surface area contributed by atoms with E-state index in [1.54, 1.807) is 18.5 Å². The van der Waals surface area contributed by atoms with Crippen molar-refractivity contribution in [1.82, 2.24) is 25.1 Å². The largest absolute Gasteiger partial charge is 0.368 e. The lowest BCUT2D eigenvalue weighted by Crippen LogP contribution is -2.52. The molecule has 0 spiro atoms. The van der Waals surface area contributed by atoms with Crippen molar-refractivity contribution in [3.63, 3.8) is 0 Å². The Morgan fingerprint density at radius 2 is 2.00 bits per heavy atom. The summed E-state index contributed by atoms with van der Waals surface area (Å²) >= 11 is 0. The highest BCUT2D eigenvalue weighted by Crippen LogP contribution is 2.07. The van der Waals surface area contributed by atoms with E-state index < -0.39 is 0 Å². The Morgan fingerprint density at radius 1 is 1.35 bits per heavy atom. The lowest BCUT2D eigenvalue weighted by molar-refractivity contribution is -0.116. The number of anilines is 1. The summed E-state index contributed by atoms with van der Waals surface area (Å²) in [5, 5.41) is 2.98. The van der Waals surface area contributed by atoms with Crippen LogP contribution in [0.15, 0.2) is 18.5 Å². The molecule has 0 bridgehead atoms. The van der Waals surface area contributed by atoms with Crippen molar-refractivity contribution in [3.8, 4) is 0 Å². The fourth-order valence-corrected chi connectivity index (χ4v) is 2.60. The van der Waals surface area contributed by atoms with Crippen LogP contribution < -0.4 is 11.1 Å². The van der Waals surface area contributed by atoms with Crippen molar-refractivity contribution in [2.75, 3.05) is 45.5 Å². The van der Waals surface area contributed by atoms with Crippen LogP contribution >= 0.6 is 0 Å². The molecule has 1 aliphatic rings. The summed E-state index contributed by atoms with van der Waals surface area (Å²) in [5.74, 6) is 0.124. The van der Waals surface area contributed by atoms with Crippen molar-refractivity contribution in [1.29, 1.82) is 0 Å². The van der Waals surface area contributed by atoms with Gasteiger partial charge in [-0.2, -0.15) is 0 Å². The third-order valence-electron chi connectivity index (χ3n) is 4.16. The number of nitrogen functional groups attached to an aromatic ring is 1. The summed E-state index contributed by atoms with van der Waals surface area (Å²) in [6, 6.07) is 0.390. The minimum absolute atomic E-state index is 0.102. The van der Waals surface area contributed by atoms with Gasteiger partial charge in [0.1, 0.15) is 0 Å². The molecule has 7 heteroatoms. The average Bonchev–Trinajstić information content (AvgIpc) is 2.56. The number of rotatable bonds is 6. The van der Waals surface area contributed by atoms with Crippen LogP contribution in [0.25, 0.3) is 6.08 Å². The molecule has 1 aliphatic heterocycles. The number of nitrogens with two attached hydrogens (primary N) is 1. The van der Waals surface area contributed by atoms with Gasteiger partial charge in [0.25, 0.3) is 0 Å². The zero-order valence-electron chi connectivity index (χ0n) is 13.9. The SMILES string of the molecule is CCC(CNC(=O)/C=C/c1cnc(N)nc1)N1CCN(C)CC1. The third-order valence-corrected chi connectivity index (χ3v) is 4.16. The van der Waals surface area contributed by atoms with Gasteiger partial charge in [0.05, 0.1) is 0 Å². The van der Waals surface area contributed by atoms with E-state index in [1.165, 1.54) is 6.08 Å². The third kappa shape index (κ3) is 5.61. The van der Waals surface area contributed by atoms with Crippen LogP contribution in [0.1, 0.15) is 18.9 Å². The molecule has 1 amide bonds. The molecule has 1 aromatic heterocycles. The summed E-state index contributed by atoms with van der Waals surface area (Å²) in [5.41, 5.74) is 6.18. The van der Waals surface area contributed by atoms with Gasteiger partial charge in [-0.25, -0.2) is 9.97 Å². The second-order valence-electron chi connectivity index (χ2n) is 5.85. The van der Waals surface area contributed by atoms with Crippen molar-refractivity contribution < 1.29 is 4.79 Å². The quantitative estimate of drug-likeness (QED) is 0.729. The number of aromatic nitrogens is 2. The maximum absolute atomic E-state index is 11.9. The zero-order chi connectivity index (χ0) is 16.7. The first-order chi connectivity index (χ1) is 11.1. The maximum atomic E-state index is 11.9. The predicted molar refractivity (Wildman–Crippen MR) is 91.6 cm³/mol. The fraction of sp³-hybridized carbons (Fsp3) is 0.562. The number of carbonyl (C=O) groups excluding carboxylic acids is 1. The molecule has 7 nitrogen and oxygen atoms in total. The monoisotopic (exact) mass is 318 g/mol. The van der Waals surface area contributed by atoms with Gasteiger partial charge in [0.2, 0.25) is 11.9 Å². The van der Waals surface area contributed by atoms with Crippen molar-refractivity contribution in [2.24, 2.45) is 0 Å². The molecule has 2 rings (SSSR count). The van der Waals surface area contributed by atoms with E-state index in [2.05, 4.69) is 39.1 Å². The standard InChI is InChI=1S/C16H26N6O/c1-3-14(22-8-6-21(2)7-9-22)12-18-15(23)5-4-13-10-19-16(17)20-11-13/h4-5,10-11,14H,3,6-9,12H2,1-2H3,(H,18,23)(H2,17,19,20)/b5-4+. The van der Waals surface area contributed by atoms with Gasteiger partial charge in [-0.05, 0) is 19.5 Å². The minimum atomic E-state index is -0.102. The van der Waals surface area contributed by atoms with Gasteiger partial charge in [0, 0.05) is 62.8 Å². The molecule has 126 valence electrons. The number of hydrogen-bond donors (Lipinski definition) is 2. The van der Waals surface area contributed by atoms with Gasteiger partial charge in [-0.15, -0.1) is 0 Å². The van der Waals surface area contributed by atoms with Gasteiger partial charge in [-0.1, -0.05) is 6.92 Å². The summed E-state index contributed by atoms with van der Waals surface area (Å²) in [4.78, 5) is 24.5. The first-order valence-corrected chi connectivity index (χ1v) is 8.04. The van der Waals surface area contributed by atoms with Crippen LogP contribution in [0.5, 0.6) is 0 Å². The number of hydrogen-bond acceptors (Lipinski definition) is 6. The molecule has 0 saturated carbocycles. The van der Waals surface area contributed by atoms with E-state index in [4.69, 9.17) is 5.73 Å². The molecule has 0 aromatic carbocycles. The second-order valence-corrected chi connectivity index (χ2v) is 5.85. The number of nitrogens with one attached hydrogen (secondary N) is 1. The molecule has 2 heterocycles. The molecular formula is C16H26N6O. The first-order valence-electron chi connectivity index (χ1n) is 8.04. The number of amides is 1. The number of piperazine rings is 1.